The highest BCUT2D eigenvalue weighted by Crippen LogP contribution is 2.18. The molecule has 0 aromatic carbocycles. The predicted molar refractivity (Wildman–Crippen MR) is 66.8 cm³/mol. The average molecular weight is 236 g/mol. The number of piperidine rings is 1. The average Bonchev–Trinajstić information content (AvgIpc) is 2.40. The van der Waals surface area contributed by atoms with E-state index in [1.165, 1.54) is 0 Å². The zero-order valence-electron chi connectivity index (χ0n) is 10.3. The number of rotatable bonds is 4. The Morgan fingerprint density at radius 2 is 2.41 bits per heavy atom. The van der Waals surface area contributed by atoms with Crippen LogP contribution in [0, 0.1) is 0 Å². The first-order valence-corrected chi connectivity index (χ1v) is 6.21. The summed E-state index contributed by atoms with van der Waals surface area (Å²) in [7, 11) is 0. The van der Waals surface area contributed by atoms with Crippen molar-refractivity contribution in [2.75, 3.05) is 24.6 Å². The number of ether oxygens (including phenoxy) is 1. The van der Waals surface area contributed by atoms with E-state index in [1.807, 2.05) is 6.92 Å². The van der Waals surface area contributed by atoms with Gasteiger partial charge in [0.1, 0.15) is 5.82 Å². The molecule has 1 aromatic rings. The van der Waals surface area contributed by atoms with Gasteiger partial charge in [0.05, 0.1) is 18.0 Å². The van der Waals surface area contributed by atoms with Gasteiger partial charge in [-0.2, -0.15) is 0 Å². The largest absolute Gasteiger partial charge is 0.377 e. The number of nitrogens with two attached hydrogens (primary N) is 1. The maximum absolute atomic E-state index is 5.68. The third-order valence-electron chi connectivity index (χ3n) is 2.99. The standard InChI is InChI=1S/C12H20N4O/c1-2-17-11-4-3-5-16(9-11)12-8-14-7-10(6-13)15-12/h7-8,11H,2-6,9,13H2,1H3. The third-order valence-corrected chi connectivity index (χ3v) is 2.99. The van der Waals surface area contributed by atoms with Crippen LogP contribution in [0.5, 0.6) is 0 Å². The van der Waals surface area contributed by atoms with Crippen LogP contribution < -0.4 is 10.6 Å². The fourth-order valence-electron chi connectivity index (χ4n) is 2.16. The van der Waals surface area contributed by atoms with E-state index in [9.17, 15) is 0 Å². The molecule has 1 aliphatic heterocycles. The summed E-state index contributed by atoms with van der Waals surface area (Å²) in [4.78, 5) is 10.9. The van der Waals surface area contributed by atoms with Crippen molar-refractivity contribution in [1.82, 2.24) is 9.97 Å². The zero-order valence-corrected chi connectivity index (χ0v) is 10.3. The molecule has 0 saturated carbocycles. The van der Waals surface area contributed by atoms with E-state index in [1.54, 1.807) is 12.4 Å². The van der Waals surface area contributed by atoms with Crippen LogP contribution in [0.3, 0.4) is 0 Å². The lowest BCUT2D eigenvalue weighted by atomic mass is 10.1. The lowest BCUT2D eigenvalue weighted by Crippen LogP contribution is -2.40. The van der Waals surface area contributed by atoms with E-state index in [2.05, 4.69) is 14.9 Å². The Morgan fingerprint density at radius 3 is 3.18 bits per heavy atom. The minimum atomic E-state index is 0.317. The van der Waals surface area contributed by atoms with Gasteiger partial charge in [-0.05, 0) is 19.8 Å². The van der Waals surface area contributed by atoms with Crippen LogP contribution in [0.15, 0.2) is 12.4 Å². The van der Waals surface area contributed by atoms with E-state index >= 15 is 0 Å². The van der Waals surface area contributed by atoms with Crippen LogP contribution in [0.4, 0.5) is 5.82 Å². The summed E-state index contributed by atoms with van der Waals surface area (Å²) in [5.74, 6) is 0.914. The third kappa shape index (κ3) is 3.14. The Kier molecular flexibility index (Phi) is 4.28. The molecule has 1 atom stereocenters. The van der Waals surface area contributed by atoms with Gasteiger partial charge in [-0.1, -0.05) is 0 Å². The lowest BCUT2D eigenvalue weighted by Gasteiger charge is -2.33. The van der Waals surface area contributed by atoms with Gasteiger partial charge in [-0.3, -0.25) is 4.98 Å². The van der Waals surface area contributed by atoms with Crippen molar-refractivity contribution in [3.8, 4) is 0 Å². The molecule has 17 heavy (non-hydrogen) atoms. The van der Waals surface area contributed by atoms with Gasteiger partial charge in [0.2, 0.25) is 0 Å². The second-order valence-corrected chi connectivity index (χ2v) is 4.24. The highest BCUT2D eigenvalue weighted by molar-refractivity contribution is 5.37. The van der Waals surface area contributed by atoms with Crippen LogP contribution in [0.2, 0.25) is 0 Å². The fraction of sp³-hybridized carbons (Fsp3) is 0.667. The van der Waals surface area contributed by atoms with Crippen LogP contribution in [-0.2, 0) is 11.3 Å². The summed E-state index contributed by atoms with van der Waals surface area (Å²) in [6, 6.07) is 0. The molecule has 2 rings (SSSR count). The molecule has 1 aliphatic rings. The molecular formula is C12H20N4O. The van der Waals surface area contributed by atoms with Crippen molar-refractivity contribution in [2.24, 2.45) is 5.73 Å². The van der Waals surface area contributed by atoms with Crippen molar-refractivity contribution in [2.45, 2.75) is 32.4 Å². The quantitative estimate of drug-likeness (QED) is 0.843. The maximum Gasteiger partial charge on any atom is 0.147 e. The lowest BCUT2D eigenvalue weighted by molar-refractivity contribution is 0.0525. The molecule has 5 heteroatoms. The first kappa shape index (κ1) is 12.3. The molecule has 0 spiro atoms. The number of nitrogens with zero attached hydrogens (tertiary/aromatic N) is 3. The topological polar surface area (TPSA) is 64.3 Å². The summed E-state index contributed by atoms with van der Waals surface area (Å²) in [6.07, 6.45) is 6.10. The SMILES string of the molecule is CCOC1CCCN(c2cncc(CN)n2)C1. The van der Waals surface area contributed by atoms with E-state index in [-0.39, 0.29) is 0 Å². The smallest absolute Gasteiger partial charge is 0.147 e. The van der Waals surface area contributed by atoms with Gasteiger partial charge in [-0.15, -0.1) is 0 Å². The summed E-state index contributed by atoms with van der Waals surface area (Å²) >= 11 is 0. The number of aromatic nitrogens is 2. The van der Waals surface area contributed by atoms with Crippen molar-refractivity contribution >= 4 is 5.82 Å². The number of hydrogen-bond donors (Lipinski definition) is 1. The van der Waals surface area contributed by atoms with Crippen LogP contribution in [0.1, 0.15) is 25.5 Å². The van der Waals surface area contributed by atoms with Gasteiger partial charge < -0.3 is 15.4 Å². The molecule has 1 aromatic heterocycles. The minimum absolute atomic E-state index is 0.317. The molecule has 0 aliphatic carbocycles. The summed E-state index contributed by atoms with van der Waals surface area (Å²) in [5.41, 5.74) is 6.41. The summed E-state index contributed by atoms with van der Waals surface area (Å²) in [5, 5.41) is 0. The highest BCUT2D eigenvalue weighted by Gasteiger charge is 2.21. The van der Waals surface area contributed by atoms with Crippen LogP contribution >= 0.6 is 0 Å². The molecule has 1 fully saturated rings. The van der Waals surface area contributed by atoms with Crippen molar-refractivity contribution < 1.29 is 4.74 Å². The van der Waals surface area contributed by atoms with E-state index in [0.717, 1.165) is 44.0 Å². The Morgan fingerprint density at radius 1 is 1.53 bits per heavy atom. The Balaban J connectivity index is 2.05. The van der Waals surface area contributed by atoms with Gasteiger partial charge in [0.25, 0.3) is 0 Å². The van der Waals surface area contributed by atoms with Crippen LogP contribution in [-0.4, -0.2) is 35.8 Å². The second-order valence-electron chi connectivity index (χ2n) is 4.24. The zero-order chi connectivity index (χ0) is 12.1. The van der Waals surface area contributed by atoms with E-state index in [4.69, 9.17) is 10.5 Å². The molecule has 5 nitrogen and oxygen atoms in total. The van der Waals surface area contributed by atoms with Crippen molar-refractivity contribution in [3.05, 3.63) is 18.1 Å². The van der Waals surface area contributed by atoms with Crippen molar-refractivity contribution in [3.63, 3.8) is 0 Å². The van der Waals surface area contributed by atoms with Crippen molar-refractivity contribution in [1.29, 1.82) is 0 Å². The molecule has 2 heterocycles. The highest BCUT2D eigenvalue weighted by atomic mass is 16.5. The molecular weight excluding hydrogens is 216 g/mol. The van der Waals surface area contributed by atoms with Gasteiger partial charge in [0.15, 0.2) is 0 Å². The molecule has 0 radical (unpaired) electrons. The summed E-state index contributed by atoms with van der Waals surface area (Å²) < 4.78 is 5.68. The maximum atomic E-state index is 5.68. The molecule has 94 valence electrons. The minimum Gasteiger partial charge on any atom is -0.377 e. The Bertz CT molecular complexity index is 356. The first-order valence-electron chi connectivity index (χ1n) is 6.21. The molecule has 0 bridgehead atoms. The van der Waals surface area contributed by atoms with E-state index < -0.39 is 0 Å². The Hall–Kier alpha value is -1.20. The molecule has 1 unspecified atom stereocenters. The van der Waals surface area contributed by atoms with Gasteiger partial charge in [-0.25, -0.2) is 4.98 Å². The molecule has 1 saturated heterocycles. The number of anilines is 1. The number of hydrogen-bond acceptors (Lipinski definition) is 5. The van der Waals surface area contributed by atoms with Gasteiger partial charge in [0, 0.05) is 32.4 Å². The Labute approximate surface area is 102 Å². The summed E-state index contributed by atoms with van der Waals surface area (Å²) in [6.45, 7) is 5.16. The van der Waals surface area contributed by atoms with E-state index in [0.29, 0.717) is 12.6 Å². The second kappa shape index (κ2) is 5.93. The van der Waals surface area contributed by atoms with Crippen LogP contribution in [0.25, 0.3) is 0 Å². The fourth-order valence-corrected chi connectivity index (χ4v) is 2.16. The monoisotopic (exact) mass is 236 g/mol. The first-order chi connectivity index (χ1) is 8.33. The molecule has 2 N–H and O–H groups in total. The molecule has 0 amide bonds. The predicted octanol–water partition coefficient (Wildman–Crippen LogP) is 0.941. The normalized spacial score (nSPS) is 20.6. The van der Waals surface area contributed by atoms with Gasteiger partial charge >= 0.3 is 0 Å².